The van der Waals surface area contributed by atoms with E-state index < -0.39 is 0 Å². The molecule has 24 heavy (non-hydrogen) atoms. The first kappa shape index (κ1) is 16.1. The first-order valence-electron chi connectivity index (χ1n) is 8.15. The number of nitrogens with zero attached hydrogens (tertiary/aromatic N) is 2. The van der Waals surface area contributed by atoms with E-state index in [4.69, 9.17) is 9.47 Å². The van der Waals surface area contributed by atoms with E-state index in [2.05, 4.69) is 29.4 Å². The molecule has 0 saturated heterocycles. The Kier molecular flexibility index (Phi) is 5.51. The van der Waals surface area contributed by atoms with Crippen molar-refractivity contribution < 1.29 is 9.47 Å². The van der Waals surface area contributed by atoms with Crippen molar-refractivity contribution in [3.8, 4) is 11.5 Å². The van der Waals surface area contributed by atoms with Crippen molar-refractivity contribution >= 4 is 0 Å². The van der Waals surface area contributed by atoms with Gasteiger partial charge in [-0.15, -0.1) is 0 Å². The Labute approximate surface area is 142 Å². The van der Waals surface area contributed by atoms with Crippen LogP contribution < -0.4 is 9.47 Å². The summed E-state index contributed by atoms with van der Waals surface area (Å²) in [5.74, 6) is 1.79. The van der Waals surface area contributed by atoms with Gasteiger partial charge in [0, 0.05) is 25.4 Å². The van der Waals surface area contributed by atoms with E-state index in [1.807, 2.05) is 41.2 Å². The molecule has 0 spiro atoms. The van der Waals surface area contributed by atoms with Crippen LogP contribution >= 0.6 is 0 Å². The van der Waals surface area contributed by atoms with Gasteiger partial charge in [-0.2, -0.15) is 5.10 Å². The quantitative estimate of drug-likeness (QED) is 0.633. The number of aryl methyl sites for hydroxylation is 2. The Morgan fingerprint density at radius 3 is 2.17 bits per heavy atom. The maximum Gasteiger partial charge on any atom is 0.119 e. The highest BCUT2D eigenvalue weighted by Gasteiger charge is 1.99. The second-order valence-corrected chi connectivity index (χ2v) is 5.61. The Bertz CT molecular complexity index is 719. The van der Waals surface area contributed by atoms with E-state index in [0.29, 0.717) is 6.61 Å². The summed E-state index contributed by atoms with van der Waals surface area (Å²) in [5, 5.41) is 4.21. The molecule has 0 fully saturated rings. The molecule has 0 aliphatic heterocycles. The molecule has 4 nitrogen and oxygen atoms in total. The summed E-state index contributed by atoms with van der Waals surface area (Å²) in [4.78, 5) is 0. The fraction of sp³-hybridized carbons (Fsp3) is 0.250. The highest BCUT2D eigenvalue weighted by atomic mass is 16.5. The topological polar surface area (TPSA) is 36.3 Å². The molecular formula is C20H22N2O2. The average Bonchev–Trinajstić information content (AvgIpc) is 3.15. The van der Waals surface area contributed by atoms with Gasteiger partial charge in [-0.05, 0) is 47.9 Å². The maximum absolute atomic E-state index is 5.82. The Balaban J connectivity index is 1.43. The van der Waals surface area contributed by atoms with Gasteiger partial charge in [0.1, 0.15) is 11.5 Å². The number of ether oxygens (including phenoxy) is 2. The molecule has 124 valence electrons. The molecule has 3 rings (SSSR count). The van der Waals surface area contributed by atoms with Crippen LogP contribution in [0.1, 0.15) is 11.1 Å². The summed E-state index contributed by atoms with van der Waals surface area (Å²) in [5.41, 5.74) is 2.53. The van der Waals surface area contributed by atoms with Crippen molar-refractivity contribution in [2.45, 2.75) is 19.4 Å². The van der Waals surface area contributed by atoms with Gasteiger partial charge < -0.3 is 9.47 Å². The van der Waals surface area contributed by atoms with Gasteiger partial charge in [-0.25, -0.2) is 0 Å². The van der Waals surface area contributed by atoms with Crippen LogP contribution in [0, 0.1) is 0 Å². The fourth-order valence-corrected chi connectivity index (χ4v) is 2.51. The zero-order valence-electron chi connectivity index (χ0n) is 13.9. The lowest BCUT2D eigenvalue weighted by Crippen LogP contribution is -2.03. The largest absolute Gasteiger partial charge is 0.497 e. The number of hydrogen-bond donors (Lipinski definition) is 0. The van der Waals surface area contributed by atoms with Gasteiger partial charge in [0.25, 0.3) is 0 Å². The molecule has 0 bridgehead atoms. The highest BCUT2D eigenvalue weighted by molar-refractivity contribution is 5.29. The molecule has 4 heteroatoms. The normalized spacial score (nSPS) is 10.5. The van der Waals surface area contributed by atoms with E-state index in [0.717, 1.165) is 30.9 Å². The number of benzene rings is 2. The Hall–Kier alpha value is -2.75. The van der Waals surface area contributed by atoms with E-state index >= 15 is 0 Å². The first-order chi connectivity index (χ1) is 11.8. The fourth-order valence-electron chi connectivity index (χ4n) is 2.51. The number of rotatable bonds is 8. The van der Waals surface area contributed by atoms with Crippen molar-refractivity contribution in [3.05, 3.63) is 78.1 Å². The molecule has 0 atom stereocenters. The van der Waals surface area contributed by atoms with Crippen molar-refractivity contribution in [3.63, 3.8) is 0 Å². The van der Waals surface area contributed by atoms with Crippen LogP contribution in [-0.4, -0.2) is 23.5 Å². The molecule has 0 N–H and O–H groups in total. The minimum Gasteiger partial charge on any atom is -0.497 e. The summed E-state index contributed by atoms with van der Waals surface area (Å²) < 4.78 is 12.9. The monoisotopic (exact) mass is 322 g/mol. The van der Waals surface area contributed by atoms with E-state index in [9.17, 15) is 0 Å². The van der Waals surface area contributed by atoms with Crippen LogP contribution in [0.5, 0.6) is 11.5 Å². The van der Waals surface area contributed by atoms with E-state index in [1.54, 1.807) is 13.3 Å². The minimum absolute atomic E-state index is 0.666. The van der Waals surface area contributed by atoms with Crippen LogP contribution in [0.15, 0.2) is 67.0 Å². The molecule has 0 aliphatic carbocycles. The summed E-state index contributed by atoms with van der Waals surface area (Å²) in [7, 11) is 1.68. The van der Waals surface area contributed by atoms with Crippen LogP contribution in [0.25, 0.3) is 0 Å². The summed E-state index contributed by atoms with van der Waals surface area (Å²) in [6.07, 6.45) is 5.63. The molecule has 3 aromatic rings. The van der Waals surface area contributed by atoms with Crippen molar-refractivity contribution in [1.82, 2.24) is 9.78 Å². The maximum atomic E-state index is 5.82. The number of aromatic nitrogens is 2. The van der Waals surface area contributed by atoms with Crippen LogP contribution in [0.2, 0.25) is 0 Å². The first-order valence-corrected chi connectivity index (χ1v) is 8.15. The zero-order chi connectivity index (χ0) is 16.6. The Morgan fingerprint density at radius 2 is 1.54 bits per heavy atom. The standard InChI is InChI=1S/C20H22N2O2/c1-23-19-7-3-18(4-8-19)12-16-24-20-9-5-17(6-10-20)11-15-22-14-2-13-21-22/h2-10,13-14H,11-12,15-16H2,1H3. The number of methoxy groups -OCH3 is 1. The van der Waals surface area contributed by atoms with Crippen LogP contribution in [0.3, 0.4) is 0 Å². The molecule has 0 unspecified atom stereocenters. The lowest BCUT2D eigenvalue weighted by Gasteiger charge is -2.08. The molecule has 1 heterocycles. The third kappa shape index (κ3) is 4.62. The summed E-state index contributed by atoms with van der Waals surface area (Å²) >= 11 is 0. The minimum atomic E-state index is 0.666. The third-order valence-corrected chi connectivity index (χ3v) is 3.93. The number of hydrogen-bond acceptors (Lipinski definition) is 3. The van der Waals surface area contributed by atoms with Gasteiger partial charge in [-0.3, -0.25) is 4.68 Å². The van der Waals surface area contributed by atoms with E-state index in [1.165, 1.54) is 11.1 Å². The predicted molar refractivity (Wildman–Crippen MR) is 94.6 cm³/mol. The second kappa shape index (κ2) is 8.20. The van der Waals surface area contributed by atoms with Crippen molar-refractivity contribution in [2.24, 2.45) is 0 Å². The molecule has 1 aromatic heterocycles. The van der Waals surface area contributed by atoms with Gasteiger partial charge in [-0.1, -0.05) is 24.3 Å². The summed E-state index contributed by atoms with van der Waals surface area (Å²) in [6.45, 7) is 1.56. The van der Waals surface area contributed by atoms with Crippen LogP contribution in [-0.2, 0) is 19.4 Å². The van der Waals surface area contributed by atoms with Crippen molar-refractivity contribution in [1.29, 1.82) is 0 Å². The summed E-state index contributed by atoms with van der Waals surface area (Å²) in [6, 6.07) is 18.3. The predicted octanol–water partition coefficient (Wildman–Crippen LogP) is 3.76. The highest BCUT2D eigenvalue weighted by Crippen LogP contribution is 2.15. The second-order valence-electron chi connectivity index (χ2n) is 5.61. The molecule has 0 saturated carbocycles. The molecular weight excluding hydrogens is 300 g/mol. The zero-order valence-corrected chi connectivity index (χ0v) is 13.9. The van der Waals surface area contributed by atoms with Crippen molar-refractivity contribution in [2.75, 3.05) is 13.7 Å². The van der Waals surface area contributed by atoms with Gasteiger partial charge in [0.15, 0.2) is 0 Å². The molecule has 0 amide bonds. The lowest BCUT2D eigenvalue weighted by molar-refractivity contribution is 0.321. The van der Waals surface area contributed by atoms with Gasteiger partial charge >= 0.3 is 0 Å². The molecule has 0 aliphatic rings. The molecule has 2 aromatic carbocycles. The Morgan fingerprint density at radius 1 is 0.875 bits per heavy atom. The van der Waals surface area contributed by atoms with Crippen LogP contribution in [0.4, 0.5) is 0 Å². The van der Waals surface area contributed by atoms with E-state index in [-0.39, 0.29) is 0 Å². The third-order valence-electron chi connectivity index (χ3n) is 3.93. The lowest BCUT2D eigenvalue weighted by atomic mass is 10.1. The smallest absolute Gasteiger partial charge is 0.119 e. The van der Waals surface area contributed by atoms with Gasteiger partial charge in [0.2, 0.25) is 0 Å². The SMILES string of the molecule is COc1ccc(CCOc2ccc(CCn3cccn3)cc2)cc1. The van der Waals surface area contributed by atoms with Gasteiger partial charge in [0.05, 0.1) is 13.7 Å². The molecule has 0 radical (unpaired) electrons. The average molecular weight is 322 g/mol.